The van der Waals surface area contributed by atoms with Crippen LogP contribution in [0.2, 0.25) is 0 Å². The average molecular weight is 670 g/mol. The molecule has 0 N–H and O–H groups in total. The quantitative estimate of drug-likeness (QED) is 0.187. The maximum Gasteiger partial charge on any atom is 0.238 e. The van der Waals surface area contributed by atoms with Gasteiger partial charge in [0, 0.05) is 48.1 Å². The predicted octanol–water partition coefficient (Wildman–Crippen LogP) is 11.8. The molecule has 5 nitrogen and oxygen atoms in total. The number of benzene rings is 7. The van der Waals surface area contributed by atoms with Crippen molar-refractivity contribution in [3.8, 4) is 34.4 Å². The maximum atomic E-state index is 5.29. The Morgan fingerprint density at radius 3 is 1.43 bits per heavy atom. The first-order valence-corrected chi connectivity index (χ1v) is 17.9. The standard InChI is InChI=1S/C45H27N5S/c1-2-14-28(15-3-1)43-46-44(48-45(47-43)50-38-25-10-6-18-31(38)32-19-7-11-26-39(32)50)35-22-12-20-33-34-21-13-27-40(42(34)51-41(33)35)49-36-23-8-4-16-29(36)30-17-5-9-24-37(30)49/h1-27H. The molecule has 0 fully saturated rings. The lowest BCUT2D eigenvalue weighted by Gasteiger charge is -2.11. The molecule has 7 aromatic carbocycles. The average Bonchev–Trinajstić information content (AvgIpc) is 3.86. The second-order valence-corrected chi connectivity index (χ2v) is 13.8. The van der Waals surface area contributed by atoms with Gasteiger partial charge in [-0.2, -0.15) is 9.97 Å². The molecule has 4 heterocycles. The fraction of sp³-hybridized carbons (Fsp3) is 0. The summed E-state index contributed by atoms with van der Waals surface area (Å²) in [4.78, 5) is 15.6. The first kappa shape index (κ1) is 28.2. The molecule has 0 amide bonds. The van der Waals surface area contributed by atoms with E-state index < -0.39 is 0 Å². The second kappa shape index (κ2) is 10.9. The van der Waals surface area contributed by atoms with Crippen molar-refractivity contribution >= 4 is 75.1 Å². The van der Waals surface area contributed by atoms with E-state index in [1.165, 1.54) is 53.7 Å². The molecular weight excluding hydrogens is 643 g/mol. The van der Waals surface area contributed by atoms with Crippen molar-refractivity contribution in [2.75, 3.05) is 0 Å². The van der Waals surface area contributed by atoms with Gasteiger partial charge < -0.3 is 4.57 Å². The minimum atomic E-state index is 0.598. The summed E-state index contributed by atoms with van der Waals surface area (Å²) in [7, 11) is 0. The Labute approximate surface area is 296 Å². The van der Waals surface area contributed by atoms with Crippen LogP contribution in [0.25, 0.3) is 98.2 Å². The number of hydrogen-bond donors (Lipinski definition) is 0. The largest absolute Gasteiger partial charge is 0.308 e. The Kier molecular flexibility index (Phi) is 6.05. The first-order valence-electron chi connectivity index (χ1n) is 17.0. The van der Waals surface area contributed by atoms with E-state index in [9.17, 15) is 0 Å². The van der Waals surface area contributed by atoms with E-state index in [4.69, 9.17) is 15.0 Å². The van der Waals surface area contributed by atoms with Crippen LogP contribution < -0.4 is 0 Å². The number of aromatic nitrogens is 5. The van der Waals surface area contributed by atoms with Gasteiger partial charge in [0.25, 0.3) is 0 Å². The van der Waals surface area contributed by atoms with Crippen LogP contribution in [-0.2, 0) is 0 Å². The van der Waals surface area contributed by atoms with Crippen LogP contribution in [0.4, 0.5) is 0 Å². The number of rotatable bonds is 4. The van der Waals surface area contributed by atoms with Gasteiger partial charge in [0.15, 0.2) is 11.6 Å². The third kappa shape index (κ3) is 4.17. The zero-order valence-corrected chi connectivity index (χ0v) is 28.0. The zero-order chi connectivity index (χ0) is 33.5. The summed E-state index contributed by atoms with van der Waals surface area (Å²) in [5.41, 5.74) is 7.62. The highest BCUT2D eigenvalue weighted by molar-refractivity contribution is 7.26. The molecule has 0 unspecified atom stereocenters. The molecule has 4 aromatic heterocycles. The van der Waals surface area contributed by atoms with Gasteiger partial charge in [-0.15, -0.1) is 11.3 Å². The predicted molar refractivity (Wildman–Crippen MR) is 212 cm³/mol. The van der Waals surface area contributed by atoms with E-state index in [0.29, 0.717) is 17.6 Å². The van der Waals surface area contributed by atoms with Crippen molar-refractivity contribution in [1.29, 1.82) is 0 Å². The highest BCUT2D eigenvalue weighted by Crippen LogP contribution is 2.44. The molecule has 0 aliphatic heterocycles. The molecule has 0 atom stereocenters. The summed E-state index contributed by atoms with van der Waals surface area (Å²) in [6, 6.07) is 57.7. The Bertz CT molecular complexity index is 3040. The highest BCUT2D eigenvalue weighted by Gasteiger charge is 2.21. The van der Waals surface area contributed by atoms with Crippen molar-refractivity contribution in [1.82, 2.24) is 24.1 Å². The molecule has 11 aromatic rings. The van der Waals surface area contributed by atoms with Gasteiger partial charge in [-0.25, -0.2) is 4.98 Å². The van der Waals surface area contributed by atoms with Crippen molar-refractivity contribution in [2.45, 2.75) is 0 Å². The third-order valence-corrected chi connectivity index (χ3v) is 11.3. The molecule has 0 bridgehead atoms. The Morgan fingerprint density at radius 2 is 0.824 bits per heavy atom. The van der Waals surface area contributed by atoms with Crippen LogP contribution in [0.5, 0.6) is 0 Å². The number of thiophene rings is 1. The highest BCUT2D eigenvalue weighted by atomic mass is 32.1. The van der Waals surface area contributed by atoms with Crippen LogP contribution >= 0.6 is 11.3 Å². The van der Waals surface area contributed by atoms with Crippen molar-refractivity contribution in [3.63, 3.8) is 0 Å². The molecule has 0 saturated heterocycles. The number of para-hydroxylation sites is 4. The summed E-state index contributed by atoms with van der Waals surface area (Å²) in [6.07, 6.45) is 0. The molecule has 6 heteroatoms. The van der Waals surface area contributed by atoms with Gasteiger partial charge in [-0.3, -0.25) is 4.57 Å². The molecule has 0 radical (unpaired) electrons. The van der Waals surface area contributed by atoms with E-state index in [1.807, 2.05) is 29.5 Å². The smallest absolute Gasteiger partial charge is 0.238 e. The van der Waals surface area contributed by atoms with Crippen LogP contribution in [0.3, 0.4) is 0 Å². The maximum absolute atomic E-state index is 5.29. The third-order valence-electron chi connectivity index (χ3n) is 10.0. The molecule has 0 aliphatic rings. The van der Waals surface area contributed by atoms with Crippen LogP contribution in [0, 0.1) is 0 Å². The lowest BCUT2D eigenvalue weighted by molar-refractivity contribution is 0.954. The first-order chi connectivity index (χ1) is 25.3. The molecule has 11 rings (SSSR count). The van der Waals surface area contributed by atoms with Gasteiger partial charge in [0.1, 0.15) is 0 Å². The monoisotopic (exact) mass is 669 g/mol. The van der Waals surface area contributed by atoms with Gasteiger partial charge in [0.05, 0.1) is 32.5 Å². The minimum Gasteiger partial charge on any atom is -0.308 e. The molecule has 238 valence electrons. The summed E-state index contributed by atoms with van der Waals surface area (Å²) in [5, 5.41) is 7.25. The Balaban J connectivity index is 1.19. The van der Waals surface area contributed by atoms with Crippen LogP contribution in [0.15, 0.2) is 164 Å². The second-order valence-electron chi connectivity index (χ2n) is 12.8. The van der Waals surface area contributed by atoms with Gasteiger partial charge >= 0.3 is 0 Å². The summed E-state index contributed by atoms with van der Waals surface area (Å²) in [5.74, 6) is 1.89. The molecule has 0 saturated carbocycles. The summed E-state index contributed by atoms with van der Waals surface area (Å²) >= 11 is 1.81. The molecule has 0 aliphatic carbocycles. The fourth-order valence-electron chi connectivity index (χ4n) is 7.78. The zero-order valence-electron chi connectivity index (χ0n) is 27.2. The Hall–Kier alpha value is -6.63. The normalized spacial score (nSPS) is 11.9. The number of hydrogen-bond acceptors (Lipinski definition) is 4. The lowest BCUT2D eigenvalue weighted by Crippen LogP contribution is -2.06. The van der Waals surface area contributed by atoms with E-state index in [1.54, 1.807) is 0 Å². The summed E-state index contributed by atoms with van der Waals surface area (Å²) < 4.78 is 6.97. The van der Waals surface area contributed by atoms with E-state index >= 15 is 0 Å². The molecular formula is C45H27N5S. The van der Waals surface area contributed by atoms with Crippen LogP contribution in [-0.4, -0.2) is 24.1 Å². The fourth-order valence-corrected chi connectivity index (χ4v) is 9.09. The SMILES string of the molecule is c1ccc(-c2nc(-c3cccc4c3sc3c(-n5c6ccccc6c6ccccc65)cccc34)nc(-n3c4ccccc4c4ccccc43)n2)cc1. The van der Waals surface area contributed by atoms with Crippen molar-refractivity contribution < 1.29 is 0 Å². The minimum absolute atomic E-state index is 0.598. The van der Waals surface area contributed by atoms with E-state index in [0.717, 1.165) is 26.9 Å². The van der Waals surface area contributed by atoms with Crippen molar-refractivity contribution in [2.24, 2.45) is 0 Å². The Morgan fingerprint density at radius 1 is 0.353 bits per heavy atom. The summed E-state index contributed by atoms with van der Waals surface area (Å²) in [6.45, 7) is 0. The van der Waals surface area contributed by atoms with Gasteiger partial charge in [-0.1, -0.05) is 127 Å². The lowest BCUT2D eigenvalue weighted by atomic mass is 10.1. The van der Waals surface area contributed by atoms with Crippen molar-refractivity contribution in [3.05, 3.63) is 164 Å². The van der Waals surface area contributed by atoms with Crippen LogP contribution in [0.1, 0.15) is 0 Å². The number of fused-ring (bicyclic) bond motifs is 9. The number of nitrogens with zero attached hydrogens (tertiary/aromatic N) is 5. The van der Waals surface area contributed by atoms with Gasteiger partial charge in [-0.05, 0) is 36.4 Å². The van der Waals surface area contributed by atoms with E-state index in [2.05, 4.69) is 155 Å². The van der Waals surface area contributed by atoms with Gasteiger partial charge in [0.2, 0.25) is 5.95 Å². The molecule has 0 spiro atoms. The topological polar surface area (TPSA) is 48.5 Å². The van der Waals surface area contributed by atoms with E-state index in [-0.39, 0.29) is 0 Å². The molecule has 51 heavy (non-hydrogen) atoms.